The van der Waals surface area contributed by atoms with Crippen molar-refractivity contribution in [2.45, 2.75) is 31.0 Å². The fraction of sp³-hybridized carbons (Fsp3) is 0.429. The molecule has 2 aromatic heterocycles. The van der Waals surface area contributed by atoms with Crippen molar-refractivity contribution in [1.82, 2.24) is 14.5 Å². The number of nitrogens with zero attached hydrogens (tertiary/aromatic N) is 4. The number of nitrogens with two attached hydrogens (primary N) is 1. The molecule has 0 saturated carbocycles. The van der Waals surface area contributed by atoms with Gasteiger partial charge in [0.2, 0.25) is 0 Å². The van der Waals surface area contributed by atoms with Gasteiger partial charge < -0.3 is 44.8 Å². The van der Waals surface area contributed by atoms with Crippen molar-refractivity contribution in [3.05, 3.63) is 18.1 Å². The molecule has 9 N–H and O–H groups in total. The molecule has 23 heteroatoms. The largest absolute Gasteiger partial charge is 0.490 e. The van der Waals surface area contributed by atoms with Gasteiger partial charge in [-0.3, -0.25) is 9.84 Å². The van der Waals surface area contributed by atoms with Crippen molar-refractivity contribution in [2.75, 3.05) is 11.9 Å². The second kappa shape index (κ2) is 9.25. The second-order valence-electron chi connectivity index (χ2n) is 7.88. The van der Waals surface area contributed by atoms with Gasteiger partial charge in [-0.2, -0.15) is 13.6 Å². The van der Waals surface area contributed by atoms with E-state index in [0.29, 0.717) is 0 Å². The van der Waals surface area contributed by atoms with Crippen LogP contribution in [0.1, 0.15) is 18.7 Å². The van der Waals surface area contributed by atoms with Crippen molar-refractivity contribution in [1.29, 1.82) is 0 Å². The molecule has 4 rings (SSSR count). The van der Waals surface area contributed by atoms with Crippen LogP contribution in [0.15, 0.2) is 17.5 Å². The third-order valence-electron chi connectivity index (χ3n) is 5.16. The Morgan fingerprint density at radius 3 is 2.51 bits per heavy atom. The van der Waals surface area contributed by atoms with Gasteiger partial charge in [-0.05, 0) is 6.92 Å². The number of anilines is 1. The minimum atomic E-state index is -5.76. The van der Waals surface area contributed by atoms with Crippen molar-refractivity contribution in [3.63, 3.8) is 0 Å². The first kappa shape index (κ1) is 27.9. The van der Waals surface area contributed by atoms with Crippen molar-refractivity contribution < 1.29 is 66.2 Å². The molecule has 6 atom stereocenters. The number of hydrogen-bond acceptors (Lipinski definition) is 13. The van der Waals surface area contributed by atoms with E-state index < -0.39 is 60.1 Å². The number of rotatable bonds is 8. The number of amidine groups is 1. The number of nitrogens with one attached hydrogen (secondary N) is 1. The Morgan fingerprint density at radius 2 is 1.86 bits per heavy atom. The van der Waals surface area contributed by atoms with E-state index >= 15 is 0 Å². The summed E-state index contributed by atoms with van der Waals surface area (Å²) in [5.74, 6) is -0.160. The van der Waals surface area contributed by atoms with Gasteiger partial charge in [0.15, 0.2) is 6.23 Å². The monoisotopic (exact) mass is 588 g/mol. The molecule has 2 aliphatic rings. The first-order valence-corrected chi connectivity index (χ1v) is 14.3. The second-order valence-corrected chi connectivity index (χ2v) is 12.3. The fourth-order valence-corrected chi connectivity index (χ4v) is 6.73. The minimum Gasteiger partial charge on any atom is -0.387 e. The molecule has 2 aromatic rings. The average Bonchev–Trinajstić information content (AvgIpc) is 3.15. The first-order chi connectivity index (χ1) is 16.9. The van der Waals surface area contributed by atoms with Gasteiger partial charge in [0.05, 0.1) is 12.0 Å². The Bertz CT molecular complexity index is 1440. The minimum absolute atomic E-state index is 0.0512. The van der Waals surface area contributed by atoms with Crippen LogP contribution in [0.4, 0.5) is 10.6 Å². The number of ether oxygens (including phenoxy) is 1. The normalized spacial score (nSPS) is 29.3. The molecule has 1 fully saturated rings. The summed E-state index contributed by atoms with van der Waals surface area (Å²) in [6.07, 6.45) is -2.40. The number of aliphatic hydroxyl groups excluding tert-OH is 1. The molecule has 0 aromatic carbocycles. The van der Waals surface area contributed by atoms with Crippen LogP contribution in [-0.4, -0.2) is 80.6 Å². The van der Waals surface area contributed by atoms with Crippen LogP contribution >= 0.6 is 23.5 Å². The summed E-state index contributed by atoms with van der Waals surface area (Å²) < 4.78 is 52.8. The number of urea groups is 1. The van der Waals surface area contributed by atoms with Crippen LogP contribution < -0.4 is 11.1 Å². The molecule has 2 unspecified atom stereocenters. The van der Waals surface area contributed by atoms with E-state index in [0.717, 1.165) is 13.3 Å². The molecular formula is C14H19N6O14P3. The number of amides is 2. The predicted molar refractivity (Wildman–Crippen MR) is 118 cm³/mol. The molecule has 37 heavy (non-hydrogen) atoms. The maximum Gasteiger partial charge on any atom is 0.490 e. The highest BCUT2D eigenvalue weighted by Gasteiger charge is 2.54. The van der Waals surface area contributed by atoms with Crippen molar-refractivity contribution >= 4 is 52.2 Å². The summed E-state index contributed by atoms with van der Waals surface area (Å²) in [5, 5.41) is 24.3. The molecule has 0 aliphatic carbocycles. The van der Waals surface area contributed by atoms with Crippen LogP contribution in [0.2, 0.25) is 0 Å². The molecule has 2 amide bonds. The Balaban J connectivity index is 1.58. The molecule has 0 radical (unpaired) electrons. The third-order valence-corrected chi connectivity index (χ3v) is 8.96. The zero-order valence-corrected chi connectivity index (χ0v) is 20.9. The molecule has 2 aliphatic heterocycles. The predicted octanol–water partition coefficient (Wildman–Crippen LogP) is -0.965. The van der Waals surface area contributed by atoms with Crippen LogP contribution in [0.3, 0.4) is 0 Å². The molecule has 20 nitrogen and oxygen atoms in total. The van der Waals surface area contributed by atoms with Gasteiger partial charge in [-0.1, -0.05) is 0 Å². The number of aliphatic imine (C=N–C) groups is 1. The standard InChI is InChI=1S/C14H19N6O14P3/c1-14(23)8(21)6(3-31-36(27,28)34-37(29,30)33-35(24,25)26)32-12(14)20-2-5-7-10(16-4-17-11(7)20)19-13(22)18-9(5)15/h2,4,6,8,12,21,23H,3H2,1H3,(H,27,28)(H,29,30)(H2,24,25,26)(H3,15,16,17,18,19,22)/t6-,8-,12-,14-/m1/s1. The number of aromatic nitrogens is 3. The highest BCUT2D eigenvalue weighted by molar-refractivity contribution is 7.66. The molecular weight excluding hydrogens is 569 g/mol. The molecule has 1 saturated heterocycles. The summed E-state index contributed by atoms with van der Waals surface area (Å²) in [4.78, 5) is 59.6. The van der Waals surface area contributed by atoms with Gasteiger partial charge in [-0.15, -0.1) is 0 Å². The van der Waals surface area contributed by atoms with Gasteiger partial charge in [0, 0.05) is 11.8 Å². The summed E-state index contributed by atoms with van der Waals surface area (Å²) in [6, 6.07) is -0.786. The van der Waals surface area contributed by atoms with Crippen LogP contribution in [-0.2, 0) is 31.6 Å². The van der Waals surface area contributed by atoms with Crippen molar-refractivity contribution in [2.24, 2.45) is 10.7 Å². The number of carbonyl (C=O) groups excluding carboxylic acids is 1. The van der Waals surface area contributed by atoms with E-state index in [2.05, 4.69) is 33.4 Å². The number of hydrogen-bond donors (Lipinski definition) is 8. The van der Waals surface area contributed by atoms with Gasteiger partial charge >= 0.3 is 29.5 Å². The number of phosphoric ester groups is 1. The summed E-state index contributed by atoms with van der Waals surface area (Å²) in [6.45, 7) is 0.134. The van der Waals surface area contributed by atoms with Crippen LogP contribution in [0.5, 0.6) is 0 Å². The highest BCUT2D eigenvalue weighted by Crippen LogP contribution is 2.66. The van der Waals surface area contributed by atoms with Crippen LogP contribution in [0.25, 0.3) is 11.0 Å². The lowest BCUT2D eigenvalue weighted by Crippen LogP contribution is -2.44. The van der Waals surface area contributed by atoms with E-state index in [1.807, 2.05) is 0 Å². The molecule has 204 valence electrons. The Morgan fingerprint density at radius 1 is 1.19 bits per heavy atom. The topological polar surface area (TPSA) is 308 Å². The summed E-state index contributed by atoms with van der Waals surface area (Å²) in [7, 11) is -16.9. The first-order valence-electron chi connectivity index (χ1n) is 9.75. The number of aliphatic hydroxyl groups is 2. The van der Waals surface area contributed by atoms with E-state index in [1.54, 1.807) is 0 Å². The lowest BCUT2D eigenvalue weighted by Gasteiger charge is -2.27. The van der Waals surface area contributed by atoms with Crippen molar-refractivity contribution in [3.8, 4) is 0 Å². The highest BCUT2D eigenvalue weighted by atomic mass is 31.3. The molecule has 4 heterocycles. The zero-order valence-electron chi connectivity index (χ0n) is 18.3. The number of phosphoric acid groups is 3. The smallest absolute Gasteiger partial charge is 0.387 e. The maximum absolute atomic E-state index is 12.0. The summed E-state index contributed by atoms with van der Waals surface area (Å²) >= 11 is 0. The van der Waals surface area contributed by atoms with Gasteiger partial charge in [-0.25, -0.2) is 28.5 Å². The lowest BCUT2D eigenvalue weighted by molar-refractivity contribution is -0.0947. The van der Waals surface area contributed by atoms with E-state index in [-0.39, 0.29) is 28.3 Å². The Kier molecular flexibility index (Phi) is 6.97. The SMILES string of the molecule is C[C@@]1(O)[C@H](O)[C@@H](COP(=O)(O)OP(=O)(O)OP(=O)(O)O)O[C@H]1n1cc2c3c(ncnc31)NC(=O)N=C2N. The van der Waals surface area contributed by atoms with E-state index in [4.69, 9.17) is 20.3 Å². The van der Waals surface area contributed by atoms with E-state index in [9.17, 15) is 38.5 Å². The Labute approximate surface area is 205 Å². The maximum atomic E-state index is 12.0. The van der Waals surface area contributed by atoms with Gasteiger partial charge in [0.1, 0.15) is 41.4 Å². The molecule has 0 bridgehead atoms. The summed E-state index contributed by atoms with van der Waals surface area (Å²) in [5.41, 5.74) is 4.05. The quantitative estimate of drug-likeness (QED) is 0.172. The molecule has 0 spiro atoms. The third kappa shape index (κ3) is 5.67. The number of carbonyl (C=O) groups is 1. The van der Waals surface area contributed by atoms with E-state index in [1.165, 1.54) is 10.8 Å². The van der Waals surface area contributed by atoms with Crippen LogP contribution in [0, 0.1) is 0 Å². The average molecular weight is 588 g/mol. The fourth-order valence-electron chi connectivity index (χ4n) is 3.70. The Hall–Kier alpha value is -2.15. The zero-order chi connectivity index (χ0) is 27.6. The van der Waals surface area contributed by atoms with Gasteiger partial charge in [0.25, 0.3) is 0 Å². The lowest BCUT2D eigenvalue weighted by atomic mass is 9.96.